The maximum atomic E-state index is 9.45. The molecule has 0 spiro atoms. The Bertz CT molecular complexity index is 789. The summed E-state index contributed by atoms with van der Waals surface area (Å²) in [5.41, 5.74) is 1.51. The zero-order chi connectivity index (χ0) is 14.8. The maximum Gasteiger partial charge on any atom is 0.231 e. The van der Waals surface area contributed by atoms with Gasteiger partial charge in [-0.25, -0.2) is 0 Å². The van der Waals surface area contributed by atoms with Crippen LogP contribution in [0.25, 0.3) is 11.5 Å². The quantitative estimate of drug-likeness (QED) is 0.707. The molecule has 0 bridgehead atoms. The van der Waals surface area contributed by atoms with Crippen molar-refractivity contribution in [3.8, 4) is 17.3 Å². The van der Waals surface area contributed by atoms with Crippen molar-refractivity contribution < 1.29 is 9.63 Å². The van der Waals surface area contributed by atoms with E-state index in [1.165, 1.54) is 0 Å². The monoisotopic (exact) mass is 409 g/mol. The lowest BCUT2D eigenvalue weighted by atomic mass is 10.1. The highest BCUT2D eigenvalue weighted by atomic mass is 79.9. The minimum Gasteiger partial charge on any atom is -0.508 e. The Labute approximate surface area is 137 Å². The molecule has 106 valence electrons. The molecule has 0 aliphatic rings. The molecule has 2 heterocycles. The summed E-state index contributed by atoms with van der Waals surface area (Å²) in [6.07, 6.45) is 2.13. The van der Waals surface area contributed by atoms with Crippen LogP contribution in [-0.2, 0) is 6.42 Å². The van der Waals surface area contributed by atoms with Gasteiger partial charge in [0.15, 0.2) is 0 Å². The van der Waals surface area contributed by atoms with Crippen molar-refractivity contribution in [2.45, 2.75) is 6.42 Å². The van der Waals surface area contributed by atoms with Gasteiger partial charge < -0.3 is 9.63 Å². The maximum absolute atomic E-state index is 9.45. The van der Waals surface area contributed by atoms with Gasteiger partial charge in [0, 0.05) is 15.1 Å². The van der Waals surface area contributed by atoms with Gasteiger partial charge in [0.25, 0.3) is 0 Å². The summed E-state index contributed by atoms with van der Waals surface area (Å²) < 4.78 is 6.87. The van der Waals surface area contributed by atoms with Crippen LogP contribution in [0.2, 0.25) is 0 Å². The zero-order valence-corrected chi connectivity index (χ0v) is 13.8. The number of aromatic hydroxyl groups is 1. The van der Waals surface area contributed by atoms with Crippen molar-refractivity contribution in [3.05, 3.63) is 56.9 Å². The molecule has 3 rings (SSSR count). The standard InChI is InChI=1S/C14H9Br2N3O2/c15-9-6-11(16)13(17-7-9)14-18-12(21-19-14)5-8-2-1-3-10(20)4-8/h1-4,6-7,20H,5H2. The topological polar surface area (TPSA) is 72.0 Å². The minimum atomic E-state index is 0.213. The van der Waals surface area contributed by atoms with E-state index in [1.54, 1.807) is 24.4 Å². The molecule has 7 heteroatoms. The molecular weight excluding hydrogens is 402 g/mol. The number of phenols is 1. The minimum absolute atomic E-state index is 0.213. The Morgan fingerprint density at radius 2 is 2.05 bits per heavy atom. The van der Waals surface area contributed by atoms with Gasteiger partial charge in [-0.3, -0.25) is 4.98 Å². The van der Waals surface area contributed by atoms with E-state index in [2.05, 4.69) is 47.0 Å². The van der Waals surface area contributed by atoms with Crippen LogP contribution in [0.5, 0.6) is 5.75 Å². The Hall–Kier alpha value is -1.73. The van der Waals surface area contributed by atoms with Gasteiger partial charge in [-0.05, 0) is 55.6 Å². The SMILES string of the molecule is Oc1cccc(Cc2nc(-c3ncc(Br)cc3Br)no2)c1. The Kier molecular flexibility index (Phi) is 4.03. The van der Waals surface area contributed by atoms with Crippen molar-refractivity contribution in [3.63, 3.8) is 0 Å². The van der Waals surface area contributed by atoms with Gasteiger partial charge in [-0.15, -0.1) is 0 Å². The van der Waals surface area contributed by atoms with Crippen molar-refractivity contribution in [1.82, 2.24) is 15.1 Å². The lowest BCUT2D eigenvalue weighted by Gasteiger charge is -1.98. The number of hydrogen-bond donors (Lipinski definition) is 1. The fourth-order valence-corrected chi connectivity index (χ4v) is 3.01. The van der Waals surface area contributed by atoms with Crippen molar-refractivity contribution in [2.24, 2.45) is 0 Å². The summed E-state index contributed by atoms with van der Waals surface area (Å²) in [6, 6.07) is 8.81. The summed E-state index contributed by atoms with van der Waals surface area (Å²) in [5.74, 6) is 1.10. The van der Waals surface area contributed by atoms with Gasteiger partial charge >= 0.3 is 0 Å². The smallest absolute Gasteiger partial charge is 0.231 e. The van der Waals surface area contributed by atoms with Crippen LogP contribution in [0.1, 0.15) is 11.5 Å². The van der Waals surface area contributed by atoms with E-state index < -0.39 is 0 Å². The van der Waals surface area contributed by atoms with Crippen LogP contribution < -0.4 is 0 Å². The fraction of sp³-hybridized carbons (Fsp3) is 0.0714. The third kappa shape index (κ3) is 3.30. The average molecular weight is 411 g/mol. The molecule has 0 fully saturated rings. The van der Waals surface area contributed by atoms with E-state index in [1.807, 2.05) is 12.1 Å². The number of benzene rings is 1. The lowest BCUT2D eigenvalue weighted by Crippen LogP contribution is -1.90. The highest BCUT2D eigenvalue weighted by Crippen LogP contribution is 2.26. The van der Waals surface area contributed by atoms with Crippen LogP contribution in [0, 0.1) is 0 Å². The van der Waals surface area contributed by atoms with E-state index in [-0.39, 0.29) is 5.75 Å². The second-order valence-corrected chi connectivity index (χ2v) is 6.11. The highest BCUT2D eigenvalue weighted by molar-refractivity contribution is 9.11. The molecule has 3 aromatic rings. The third-order valence-electron chi connectivity index (χ3n) is 2.75. The lowest BCUT2D eigenvalue weighted by molar-refractivity contribution is 0.385. The molecule has 0 saturated heterocycles. The molecule has 1 N–H and O–H groups in total. The van der Waals surface area contributed by atoms with Gasteiger partial charge in [0.05, 0.1) is 6.42 Å². The molecule has 0 aliphatic carbocycles. The molecule has 0 amide bonds. The molecule has 0 saturated carbocycles. The molecule has 0 unspecified atom stereocenters. The van der Waals surface area contributed by atoms with Gasteiger partial charge in [0.1, 0.15) is 11.4 Å². The summed E-state index contributed by atoms with van der Waals surface area (Å²) in [7, 11) is 0. The van der Waals surface area contributed by atoms with Gasteiger partial charge in [-0.2, -0.15) is 4.98 Å². The second kappa shape index (κ2) is 5.95. The fourth-order valence-electron chi connectivity index (χ4n) is 1.84. The van der Waals surface area contributed by atoms with E-state index in [9.17, 15) is 5.11 Å². The van der Waals surface area contributed by atoms with Crippen molar-refractivity contribution in [1.29, 1.82) is 0 Å². The zero-order valence-electron chi connectivity index (χ0n) is 10.6. The number of hydrogen-bond acceptors (Lipinski definition) is 5. The number of aromatic nitrogens is 3. The summed E-state index contributed by atoms with van der Waals surface area (Å²) >= 11 is 6.77. The molecule has 5 nitrogen and oxygen atoms in total. The summed E-state index contributed by atoms with van der Waals surface area (Å²) in [6.45, 7) is 0. The largest absolute Gasteiger partial charge is 0.508 e. The highest BCUT2D eigenvalue weighted by Gasteiger charge is 2.13. The predicted molar refractivity (Wildman–Crippen MR) is 83.8 cm³/mol. The first-order chi connectivity index (χ1) is 10.1. The van der Waals surface area contributed by atoms with Crippen LogP contribution in [0.15, 0.2) is 50.0 Å². The molecule has 21 heavy (non-hydrogen) atoms. The Morgan fingerprint density at radius 1 is 1.19 bits per heavy atom. The van der Waals surface area contributed by atoms with Crippen LogP contribution in [0.3, 0.4) is 0 Å². The third-order valence-corrected chi connectivity index (χ3v) is 3.79. The van der Waals surface area contributed by atoms with Gasteiger partial charge in [0.2, 0.25) is 11.7 Å². The van der Waals surface area contributed by atoms with Crippen LogP contribution in [-0.4, -0.2) is 20.2 Å². The van der Waals surface area contributed by atoms with Crippen molar-refractivity contribution in [2.75, 3.05) is 0 Å². The van der Waals surface area contributed by atoms with Crippen molar-refractivity contribution >= 4 is 31.9 Å². The van der Waals surface area contributed by atoms with E-state index in [4.69, 9.17) is 4.52 Å². The Balaban J connectivity index is 1.86. The first-order valence-corrected chi connectivity index (χ1v) is 7.62. The van der Waals surface area contributed by atoms with Gasteiger partial charge in [-0.1, -0.05) is 17.3 Å². The molecule has 2 aromatic heterocycles. The van der Waals surface area contributed by atoms with E-state index >= 15 is 0 Å². The number of nitrogens with zero attached hydrogens (tertiary/aromatic N) is 3. The number of halogens is 2. The first-order valence-electron chi connectivity index (χ1n) is 6.04. The molecule has 0 atom stereocenters. The second-order valence-electron chi connectivity index (χ2n) is 4.34. The van der Waals surface area contributed by atoms with Crippen LogP contribution >= 0.6 is 31.9 Å². The number of pyridine rings is 1. The Morgan fingerprint density at radius 3 is 2.81 bits per heavy atom. The molecule has 0 radical (unpaired) electrons. The predicted octanol–water partition coefficient (Wildman–Crippen LogP) is 3.95. The van der Waals surface area contributed by atoms with E-state index in [0.29, 0.717) is 23.8 Å². The summed E-state index contributed by atoms with van der Waals surface area (Å²) in [4.78, 5) is 8.59. The number of phenolic OH excluding ortho intramolecular Hbond substituents is 1. The normalized spacial score (nSPS) is 10.8. The molecule has 1 aromatic carbocycles. The first kappa shape index (κ1) is 14.2. The molecular formula is C14H9Br2N3O2. The average Bonchev–Trinajstić information content (AvgIpc) is 2.87. The van der Waals surface area contributed by atoms with E-state index in [0.717, 1.165) is 14.5 Å². The van der Waals surface area contributed by atoms with Crippen LogP contribution in [0.4, 0.5) is 0 Å². The number of rotatable bonds is 3. The molecule has 0 aliphatic heterocycles. The summed E-state index contributed by atoms with van der Waals surface area (Å²) in [5, 5.41) is 13.4.